The number of rotatable bonds is 7. The number of carbonyl (C=O) groups excluding carboxylic acids is 1. The average molecular weight is 254 g/mol. The number of hydrogen-bond donors (Lipinski definition) is 0. The van der Waals surface area contributed by atoms with Gasteiger partial charge in [-0.3, -0.25) is 4.79 Å². The molecule has 102 valence electrons. The number of ether oxygens (including phenoxy) is 1. The highest BCUT2D eigenvalue weighted by Gasteiger charge is 2.27. The molecule has 0 amide bonds. The molecule has 0 saturated carbocycles. The third-order valence-electron chi connectivity index (χ3n) is 2.52. The molecule has 0 aromatic carbocycles. The molecule has 5 heteroatoms. The lowest BCUT2D eigenvalue weighted by molar-refractivity contribution is -0.145. The Kier molecular flexibility index (Phi) is 5.82. The van der Waals surface area contributed by atoms with Gasteiger partial charge in [0.1, 0.15) is 5.92 Å². The molecule has 18 heavy (non-hydrogen) atoms. The predicted octanol–water partition coefficient (Wildman–Crippen LogP) is 2.71. The molecule has 0 aliphatic carbocycles. The molecule has 0 spiro atoms. The van der Waals surface area contributed by atoms with Crippen LogP contribution in [-0.2, 0) is 16.0 Å². The quantitative estimate of drug-likeness (QED) is 0.700. The first-order valence-corrected chi connectivity index (χ1v) is 6.57. The molecule has 0 saturated heterocycles. The average Bonchev–Trinajstić information content (AvgIpc) is 2.73. The van der Waals surface area contributed by atoms with Gasteiger partial charge in [-0.2, -0.15) is 4.98 Å². The van der Waals surface area contributed by atoms with Crippen LogP contribution in [0.1, 0.15) is 58.2 Å². The summed E-state index contributed by atoms with van der Waals surface area (Å²) in [5, 5.41) is 3.91. The van der Waals surface area contributed by atoms with E-state index in [4.69, 9.17) is 9.26 Å². The second kappa shape index (κ2) is 7.13. The topological polar surface area (TPSA) is 65.2 Å². The van der Waals surface area contributed by atoms with Gasteiger partial charge in [0.15, 0.2) is 5.82 Å². The molecule has 1 rings (SSSR count). The lowest BCUT2D eigenvalue weighted by Crippen LogP contribution is -2.16. The maximum Gasteiger partial charge on any atom is 0.318 e. The lowest BCUT2D eigenvalue weighted by atomic mass is 10.0. The summed E-state index contributed by atoms with van der Waals surface area (Å²) in [5.74, 6) is 0.793. The third-order valence-corrected chi connectivity index (χ3v) is 2.52. The largest absolute Gasteiger partial charge is 0.465 e. The van der Waals surface area contributed by atoms with Gasteiger partial charge in [0.25, 0.3) is 0 Å². The van der Waals surface area contributed by atoms with Crippen LogP contribution in [0, 0.1) is 5.92 Å². The van der Waals surface area contributed by atoms with Gasteiger partial charge in [0.2, 0.25) is 5.89 Å². The summed E-state index contributed by atoms with van der Waals surface area (Å²) < 4.78 is 10.2. The molecule has 1 heterocycles. The summed E-state index contributed by atoms with van der Waals surface area (Å²) in [6.45, 7) is 8.35. The Balaban J connectivity index is 2.78. The first-order chi connectivity index (χ1) is 8.58. The molecule has 5 nitrogen and oxygen atoms in total. The monoisotopic (exact) mass is 254 g/mol. The van der Waals surface area contributed by atoms with Crippen molar-refractivity contribution in [1.29, 1.82) is 0 Å². The van der Waals surface area contributed by atoms with Crippen molar-refractivity contribution in [2.75, 3.05) is 6.61 Å². The van der Waals surface area contributed by atoms with Crippen molar-refractivity contribution in [3.8, 4) is 0 Å². The summed E-state index contributed by atoms with van der Waals surface area (Å²) in [4.78, 5) is 16.1. The van der Waals surface area contributed by atoms with E-state index in [1.165, 1.54) is 0 Å². The molecular weight excluding hydrogens is 232 g/mol. The highest BCUT2D eigenvalue weighted by molar-refractivity contribution is 5.76. The van der Waals surface area contributed by atoms with Crippen LogP contribution in [0.15, 0.2) is 4.52 Å². The van der Waals surface area contributed by atoms with Crippen molar-refractivity contribution >= 4 is 5.97 Å². The second-order valence-corrected chi connectivity index (χ2v) is 4.74. The lowest BCUT2D eigenvalue weighted by Gasteiger charge is -2.09. The van der Waals surface area contributed by atoms with E-state index >= 15 is 0 Å². The Bertz CT molecular complexity index is 374. The number of carbonyl (C=O) groups is 1. The molecule has 0 fully saturated rings. The number of hydrogen-bond acceptors (Lipinski definition) is 5. The number of nitrogens with zero attached hydrogens (tertiary/aromatic N) is 2. The molecular formula is C13H22N2O3. The SMILES string of the molecule is CCCC(C(=O)OCC)c1nc(CC(C)C)no1. The van der Waals surface area contributed by atoms with Gasteiger partial charge in [-0.1, -0.05) is 32.3 Å². The van der Waals surface area contributed by atoms with Crippen LogP contribution in [0.4, 0.5) is 0 Å². The first kappa shape index (κ1) is 14.7. The summed E-state index contributed by atoms with van der Waals surface area (Å²) in [6.07, 6.45) is 2.29. The van der Waals surface area contributed by atoms with E-state index in [9.17, 15) is 4.79 Å². The Morgan fingerprint density at radius 1 is 1.39 bits per heavy atom. The number of aromatic nitrogens is 2. The van der Waals surface area contributed by atoms with E-state index in [-0.39, 0.29) is 5.97 Å². The molecule has 0 N–H and O–H groups in total. The van der Waals surface area contributed by atoms with Gasteiger partial charge in [0, 0.05) is 6.42 Å². The molecule has 1 unspecified atom stereocenters. The molecule has 1 atom stereocenters. The van der Waals surface area contributed by atoms with E-state index in [0.29, 0.717) is 30.7 Å². The summed E-state index contributed by atoms with van der Waals surface area (Å²) in [5.41, 5.74) is 0. The zero-order valence-electron chi connectivity index (χ0n) is 11.6. The second-order valence-electron chi connectivity index (χ2n) is 4.74. The van der Waals surface area contributed by atoms with E-state index in [1.54, 1.807) is 6.92 Å². The minimum absolute atomic E-state index is 0.279. The molecule has 0 bridgehead atoms. The van der Waals surface area contributed by atoms with E-state index < -0.39 is 5.92 Å². The van der Waals surface area contributed by atoms with Crippen LogP contribution in [0.3, 0.4) is 0 Å². The fraction of sp³-hybridized carbons (Fsp3) is 0.769. The van der Waals surface area contributed by atoms with Crippen molar-refractivity contribution in [3.05, 3.63) is 11.7 Å². The standard InChI is InChI=1S/C13H22N2O3/c1-5-7-10(13(16)17-6-2)12-14-11(15-18-12)8-9(3)4/h9-10H,5-8H2,1-4H3. The van der Waals surface area contributed by atoms with Gasteiger partial charge in [-0.05, 0) is 19.3 Å². The Hall–Kier alpha value is -1.39. The van der Waals surface area contributed by atoms with Crippen molar-refractivity contribution in [2.24, 2.45) is 5.92 Å². The maximum atomic E-state index is 11.8. The fourth-order valence-electron chi connectivity index (χ4n) is 1.73. The van der Waals surface area contributed by atoms with Crippen LogP contribution in [0.2, 0.25) is 0 Å². The Morgan fingerprint density at radius 3 is 2.67 bits per heavy atom. The van der Waals surface area contributed by atoms with Crippen molar-refractivity contribution < 1.29 is 14.1 Å². The highest BCUT2D eigenvalue weighted by Crippen LogP contribution is 2.22. The van der Waals surface area contributed by atoms with Gasteiger partial charge < -0.3 is 9.26 Å². The zero-order valence-corrected chi connectivity index (χ0v) is 11.6. The minimum atomic E-state index is -0.427. The molecule has 1 aromatic heterocycles. The third kappa shape index (κ3) is 4.13. The van der Waals surface area contributed by atoms with Crippen LogP contribution in [-0.4, -0.2) is 22.7 Å². The summed E-state index contributed by atoms with van der Waals surface area (Å²) >= 11 is 0. The molecule has 0 radical (unpaired) electrons. The first-order valence-electron chi connectivity index (χ1n) is 6.57. The molecule has 1 aromatic rings. The van der Waals surface area contributed by atoms with E-state index in [0.717, 1.165) is 12.8 Å². The zero-order chi connectivity index (χ0) is 13.5. The van der Waals surface area contributed by atoms with Crippen LogP contribution in [0.5, 0.6) is 0 Å². The molecule has 0 aliphatic rings. The Labute approximate surface area is 108 Å². The number of esters is 1. The highest BCUT2D eigenvalue weighted by atomic mass is 16.5. The van der Waals surface area contributed by atoms with E-state index in [1.807, 2.05) is 6.92 Å². The maximum absolute atomic E-state index is 11.8. The fourth-order valence-corrected chi connectivity index (χ4v) is 1.73. The van der Waals surface area contributed by atoms with Gasteiger partial charge in [-0.25, -0.2) is 0 Å². The van der Waals surface area contributed by atoms with Gasteiger partial charge >= 0.3 is 5.97 Å². The van der Waals surface area contributed by atoms with E-state index in [2.05, 4.69) is 24.0 Å². The summed E-state index contributed by atoms with van der Waals surface area (Å²) in [6, 6.07) is 0. The van der Waals surface area contributed by atoms with Crippen molar-refractivity contribution in [1.82, 2.24) is 10.1 Å². The van der Waals surface area contributed by atoms with Crippen molar-refractivity contribution in [2.45, 2.75) is 52.9 Å². The Morgan fingerprint density at radius 2 is 2.11 bits per heavy atom. The van der Waals surface area contributed by atoms with Crippen LogP contribution < -0.4 is 0 Å². The normalized spacial score (nSPS) is 12.7. The smallest absolute Gasteiger partial charge is 0.318 e. The molecule has 0 aliphatic heterocycles. The summed E-state index contributed by atoms with van der Waals surface area (Å²) in [7, 11) is 0. The predicted molar refractivity (Wildman–Crippen MR) is 67.1 cm³/mol. The van der Waals surface area contributed by atoms with Gasteiger partial charge in [-0.15, -0.1) is 0 Å². The van der Waals surface area contributed by atoms with Gasteiger partial charge in [0.05, 0.1) is 6.61 Å². The van der Waals surface area contributed by atoms with Crippen LogP contribution >= 0.6 is 0 Å². The van der Waals surface area contributed by atoms with Crippen LogP contribution in [0.25, 0.3) is 0 Å². The van der Waals surface area contributed by atoms with Crippen molar-refractivity contribution in [3.63, 3.8) is 0 Å². The minimum Gasteiger partial charge on any atom is -0.465 e.